The van der Waals surface area contributed by atoms with Crippen LogP contribution in [0, 0.1) is 10.7 Å². The van der Waals surface area contributed by atoms with E-state index in [1.807, 2.05) is 0 Å². The summed E-state index contributed by atoms with van der Waals surface area (Å²) in [5.41, 5.74) is 5.11. The lowest BCUT2D eigenvalue weighted by Crippen LogP contribution is -2.34. The minimum atomic E-state index is -4.99. The van der Waals surface area contributed by atoms with Crippen LogP contribution in [0.4, 0.5) is 13.2 Å². The smallest absolute Gasteiger partial charge is 0.402 e. The average Bonchev–Trinajstić information content (AvgIpc) is 2.23. The van der Waals surface area contributed by atoms with Gasteiger partial charge in [0.1, 0.15) is 6.04 Å². The number of nitrogens with one attached hydrogen (secondary N) is 1. The maximum Gasteiger partial charge on any atom is 0.402 e. The Hall–Kier alpha value is -1.36. The van der Waals surface area contributed by atoms with E-state index in [9.17, 15) is 27.0 Å². The van der Waals surface area contributed by atoms with Gasteiger partial charge in [0.15, 0.2) is 5.92 Å². The third-order valence-corrected chi connectivity index (χ3v) is 4.30. The molecule has 0 heterocycles. The Morgan fingerprint density at radius 1 is 1.15 bits per heavy atom. The third kappa shape index (κ3) is 6.70. The standard InChI is InChI=1S/C9H15F3N2O5S/c10-9(11,12)5(7(15)16)1-3-20(14,19)4-2-6(13)8(17)18/h5-6,14H,1-4,13H2,(H,15,16)(H,17,18)/t5?,6-,20?/m0/s1. The van der Waals surface area contributed by atoms with Crippen molar-refractivity contribution in [3.05, 3.63) is 0 Å². The molecule has 118 valence electrons. The number of hydrogen-bond donors (Lipinski definition) is 4. The Bertz CT molecular complexity index is 463. The fourth-order valence-corrected chi connectivity index (χ4v) is 2.73. The van der Waals surface area contributed by atoms with Gasteiger partial charge in [-0.05, 0) is 12.8 Å². The van der Waals surface area contributed by atoms with Crippen molar-refractivity contribution in [2.24, 2.45) is 11.7 Å². The molecule has 0 fully saturated rings. The first-order valence-corrected chi connectivity index (χ1v) is 7.28. The average molecular weight is 320 g/mol. The Morgan fingerprint density at radius 3 is 1.95 bits per heavy atom. The highest BCUT2D eigenvalue weighted by Gasteiger charge is 2.45. The van der Waals surface area contributed by atoms with Gasteiger partial charge < -0.3 is 15.9 Å². The first-order chi connectivity index (χ1) is 8.87. The number of hydrogen-bond acceptors (Lipinski definition) is 5. The number of nitrogens with two attached hydrogens (primary N) is 1. The van der Waals surface area contributed by atoms with Crippen molar-refractivity contribution in [2.75, 3.05) is 11.5 Å². The molecule has 20 heavy (non-hydrogen) atoms. The lowest BCUT2D eigenvalue weighted by molar-refractivity contribution is -0.193. The van der Waals surface area contributed by atoms with Crippen LogP contribution >= 0.6 is 0 Å². The minimum Gasteiger partial charge on any atom is -0.481 e. The van der Waals surface area contributed by atoms with Crippen LogP contribution in [0.2, 0.25) is 0 Å². The first-order valence-electron chi connectivity index (χ1n) is 5.39. The van der Waals surface area contributed by atoms with E-state index in [1.165, 1.54) is 0 Å². The summed E-state index contributed by atoms with van der Waals surface area (Å²) in [7, 11) is -3.51. The second kappa shape index (κ2) is 6.88. The van der Waals surface area contributed by atoms with Crippen molar-refractivity contribution in [1.82, 2.24) is 0 Å². The van der Waals surface area contributed by atoms with E-state index in [4.69, 9.17) is 20.7 Å². The molecule has 0 radical (unpaired) electrons. The first kappa shape index (κ1) is 18.6. The largest absolute Gasteiger partial charge is 0.481 e. The van der Waals surface area contributed by atoms with Crippen LogP contribution < -0.4 is 5.73 Å². The number of aliphatic carboxylic acids is 2. The van der Waals surface area contributed by atoms with Crippen LogP contribution in [0.3, 0.4) is 0 Å². The van der Waals surface area contributed by atoms with E-state index < -0.39 is 57.7 Å². The number of alkyl halides is 3. The summed E-state index contributed by atoms with van der Waals surface area (Å²) >= 11 is 0. The molecule has 0 rings (SSSR count). The molecule has 0 saturated heterocycles. The molecule has 0 amide bonds. The number of carboxylic acid groups (broad SMARTS) is 2. The lowest BCUT2D eigenvalue weighted by atomic mass is 10.1. The van der Waals surface area contributed by atoms with E-state index in [-0.39, 0.29) is 6.42 Å². The van der Waals surface area contributed by atoms with Gasteiger partial charge in [-0.2, -0.15) is 13.2 Å². The summed E-state index contributed by atoms with van der Waals surface area (Å²) in [4.78, 5) is 20.8. The summed E-state index contributed by atoms with van der Waals surface area (Å²) in [5, 5.41) is 16.9. The van der Waals surface area contributed by atoms with Gasteiger partial charge in [-0.25, -0.2) is 4.21 Å². The third-order valence-electron chi connectivity index (χ3n) is 2.51. The summed E-state index contributed by atoms with van der Waals surface area (Å²) < 4.78 is 55.9. The van der Waals surface area contributed by atoms with E-state index >= 15 is 0 Å². The van der Waals surface area contributed by atoms with Gasteiger partial charge in [-0.1, -0.05) is 0 Å². The monoisotopic (exact) mass is 320 g/mol. The molecule has 2 unspecified atom stereocenters. The predicted octanol–water partition coefficient (Wildman–Crippen LogP) is 0.488. The number of carboxylic acids is 2. The van der Waals surface area contributed by atoms with Crippen LogP contribution in [-0.4, -0.2) is 50.1 Å². The lowest BCUT2D eigenvalue weighted by Gasteiger charge is -2.17. The molecular weight excluding hydrogens is 305 g/mol. The molecule has 0 aromatic rings. The summed E-state index contributed by atoms with van der Waals surface area (Å²) in [6.07, 6.45) is -6.32. The van der Waals surface area contributed by atoms with E-state index in [1.54, 1.807) is 0 Å². The molecular formula is C9H15F3N2O5S. The van der Waals surface area contributed by atoms with E-state index in [0.717, 1.165) is 0 Å². The second-order valence-electron chi connectivity index (χ2n) is 4.17. The van der Waals surface area contributed by atoms with Crippen molar-refractivity contribution in [3.8, 4) is 0 Å². The molecule has 5 N–H and O–H groups in total. The molecule has 7 nitrogen and oxygen atoms in total. The van der Waals surface area contributed by atoms with Crippen molar-refractivity contribution >= 4 is 21.7 Å². The van der Waals surface area contributed by atoms with Gasteiger partial charge in [0.05, 0.1) is 0 Å². The van der Waals surface area contributed by atoms with Crippen LogP contribution in [-0.2, 0) is 19.3 Å². The predicted molar refractivity (Wildman–Crippen MR) is 62.6 cm³/mol. The fourth-order valence-electron chi connectivity index (χ4n) is 1.28. The Balaban J connectivity index is 4.55. The number of carbonyl (C=O) groups is 2. The zero-order valence-electron chi connectivity index (χ0n) is 10.2. The van der Waals surface area contributed by atoms with E-state index in [2.05, 4.69) is 0 Å². The summed E-state index contributed by atoms with van der Waals surface area (Å²) in [5.74, 6) is -7.45. The van der Waals surface area contributed by atoms with E-state index in [0.29, 0.717) is 0 Å². The Morgan fingerprint density at radius 2 is 1.60 bits per heavy atom. The van der Waals surface area contributed by atoms with Crippen molar-refractivity contribution in [2.45, 2.75) is 25.1 Å². The molecule has 0 saturated carbocycles. The highest BCUT2D eigenvalue weighted by Crippen LogP contribution is 2.29. The number of rotatable bonds is 8. The van der Waals surface area contributed by atoms with Crippen LogP contribution in [0.15, 0.2) is 0 Å². The van der Waals surface area contributed by atoms with Gasteiger partial charge >= 0.3 is 18.1 Å². The van der Waals surface area contributed by atoms with Crippen molar-refractivity contribution in [3.63, 3.8) is 0 Å². The van der Waals surface area contributed by atoms with Crippen molar-refractivity contribution < 1.29 is 37.2 Å². The fraction of sp³-hybridized carbons (Fsp3) is 0.778. The maximum absolute atomic E-state index is 12.3. The molecule has 0 aliphatic rings. The molecule has 0 aliphatic heterocycles. The molecule has 0 aliphatic carbocycles. The second-order valence-corrected chi connectivity index (χ2v) is 6.61. The minimum absolute atomic E-state index is 0.332. The quantitative estimate of drug-likeness (QED) is 0.513. The topological polar surface area (TPSA) is 142 Å². The van der Waals surface area contributed by atoms with Crippen LogP contribution in [0.1, 0.15) is 12.8 Å². The Kier molecular flexibility index (Phi) is 6.41. The van der Waals surface area contributed by atoms with Gasteiger partial charge in [0, 0.05) is 21.2 Å². The molecule has 0 bridgehead atoms. The Labute approximate surface area is 112 Å². The highest BCUT2D eigenvalue weighted by molar-refractivity contribution is 7.92. The number of halogens is 3. The molecule has 0 aromatic carbocycles. The van der Waals surface area contributed by atoms with Crippen LogP contribution in [0.5, 0.6) is 0 Å². The summed E-state index contributed by atoms with van der Waals surface area (Å²) in [6, 6.07) is -1.36. The maximum atomic E-state index is 12.3. The SMILES string of the molecule is N=S(=O)(CCC(C(=O)O)C(F)(F)F)CC[C@H](N)C(=O)O. The normalized spacial score (nSPS) is 18.0. The highest BCUT2D eigenvalue weighted by atomic mass is 32.2. The molecule has 3 atom stereocenters. The van der Waals surface area contributed by atoms with Gasteiger partial charge in [-0.3, -0.25) is 14.4 Å². The molecule has 11 heteroatoms. The van der Waals surface area contributed by atoms with Crippen LogP contribution in [0.25, 0.3) is 0 Å². The van der Waals surface area contributed by atoms with Crippen molar-refractivity contribution in [1.29, 1.82) is 4.78 Å². The molecule has 0 spiro atoms. The van der Waals surface area contributed by atoms with Gasteiger partial charge in [-0.15, -0.1) is 0 Å². The van der Waals surface area contributed by atoms with Gasteiger partial charge in [0.25, 0.3) is 0 Å². The zero-order chi connectivity index (χ0) is 16.1. The summed E-state index contributed by atoms with van der Waals surface area (Å²) in [6.45, 7) is 0. The molecule has 0 aromatic heterocycles. The van der Waals surface area contributed by atoms with Gasteiger partial charge in [0.2, 0.25) is 0 Å². The zero-order valence-corrected chi connectivity index (χ0v) is 11.0.